The van der Waals surface area contributed by atoms with Crippen molar-refractivity contribution in [2.75, 3.05) is 26.2 Å². The molecular formula is C16H24BrClN2O. The van der Waals surface area contributed by atoms with E-state index in [1.54, 1.807) is 0 Å². The van der Waals surface area contributed by atoms with Crippen molar-refractivity contribution in [1.29, 1.82) is 0 Å². The van der Waals surface area contributed by atoms with Crippen LogP contribution in [-0.2, 0) is 11.2 Å². The Kier molecular flexibility index (Phi) is 8.97. The van der Waals surface area contributed by atoms with E-state index in [9.17, 15) is 4.79 Å². The number of rotatable bonds is 9. The Morgan fingerprint density at radius 3 is 2.62 bits per heavy atom. The number of hydrogen-bond donors (Lipinski definition) is 1. The number of carbonyl (C=O) groups excluding carboxylic acids is 1. The largest absolute Gasteiger partial charge is 0.355 e. The van der Waals surface area contributed by atoms with E-state index in [0.717, 1.165) is 31.6 Å². The Morgan fingerprint density at radius 2 is 2.00 bits per heavy atom. The van der Waals surface area contributed by atoms with Crippen molar-refractivity contribution in [1.82, 2.24) is 10.2 Å². The molecule has 0 aliphatic carbocycles. The number of amides is 1. The Balaban J connectivity index is 2.30. The van der Waals surface area contributed by atoms with Crippen LogP contribution < -0.4 is 5.32 Å². The lowest BCUT2D eigenvalue weighted by Crippen LogP contribution is -2.35. The second-order valence-electron chi connectivity index (χ2n) is 4.93. The molecule has 0 aliphatic heterocycles. The van der Waals surface area contributed by atoms with Crippen LogP contribution in [0, 0.1) is 0 Å². The highest BCUT2D eigenvalue weighted by Crippen LogP contribution is 2.19. The van der Waals surface area contributed by atoms with Crippen LogP contribution in [0.4, 0.5) is 0 Å². The highest BCUT2D eigenvalue weighted by atomic mass is 79.9. The molecule has 21 heavy (non-hydrogen) atoms. The lowest BCUT2D eigenvalue weighted by atomic mass is 10.1. The molecule has 0 fully saturated rings. The fraction of sp³-hybridized carbons (Fsp3) is 0.562. The molecule has 0 aromatic heterocycles. The van der Waals surface area contributed by atoms with Gasteiger partial charge in [-0.3, -0.25) is 4.79 Å². The van der Waals surface area contributed by atoms with Gasteiger partial charge in [0.2, 0.25) is 5.91 Å². The zero-order chi connectivity index (χ0) is 15.7. The molecular weight excluding hydrogens is 352 g/mol. The number of hydrogen-bond acceptors (Lipinski definition) is 2. The van der Waals surface area contributed by atoms with Gasteiger partial charge in [0.1, 0.15) is 0 Å². The third-order valence-electron chi connectivity index (χ3n) is 3.49. The molecule has 0 saturated carbocycles. The minimum Gasteiger partial charge on any atom is -0.355 e. The molecule has 118 valence electrons. The molecule has 1 N–H and O–H groups in total. The van der Waals surface area contributed by atoms with Gasteiger partial charge < -0.3 is 10.2 Å². The zero-order valence-electron chi connectivity index (χ0n) is 12.7. The predicted octanol–water partition coefficient (Wildman–Crippen LogP) is 3.49. The second kappa shape index (κ2) is 10.2. The normalized spacial score (nSPS) is 12.4. The number of nitrogens with zero attached hydrogens (tertiary/aromatic N) is 1. The number of benzene rings is 1. The van der Waals surface area contributed by atoms with Crippen molar-refractivity contribution in [3.8, 4) is 0 Å². The number of carbonyl (C=O) groups is 1. The molecule has 0 spiro atoms. The molecule has 1 unspecified atom stereocenters. The molecule has 1 rings (SSSR count). The first-order valence-electron chi connectivity index (χ1n) is 7.46. The van der Waals surface area contributed by atoms with Gasteiger partial charge in [0.15, 0.2) is 0 Å². The van der Waals surface area contributed by atoms with Crippen LogP contribution in [-0.4, -0.2) is 41.8 Å². The van der Waals surface area contributed by atoms with Gasteiger partial charge in [-0.25, -0.2) is 0 Å². The lowest BCUT2D eigenvalue weighted by Gasteiger charge is -2.18. The van der Waals surface area contributed by atoms with Crippen LogP contribution in [0.5, 0.6) is 0 Å². The monoisotopic (exact) mass is 374 g/mol. The SMILES string of the molecule is CCN(CC)CCCNC(=O)C(Br)Cc1ccccc1Cl. The summed E-state index contributed by atoms with van der Waals surface area (Å²) in [5, 5.41) is 3.68. The minimum absolute atomic E-state index is 0.0227. The molecule has 1 aromatic carbocycles. The standard InChI is InChI=1S/C16H24BrClN2O/c1-3-20(4-2)11-7-10-19-16(21)14(17)12-13-8-5-6-9-15(13)18/h5-6,8-9,14H,3-4,7,10-12H2,1-2H3,(H,19,21). The van der Waals surface area contributed by atoms with Crippen LogP contribution in [0.2, 0.25) is 5.02 Å². The van der Waals surface area contributed by atoms with Crippen molar-refractivity contribution in [2.45, 2.75) is 31.5 Å². The molecule has 0 radical (unpaired) electrons. The van der Waals surface area contributed by atoms with Crippen molar-refractivity contribution in [2.24, 2.45) is 0 Å². The maximum Gasteiger partial charge on any atom is 0.234 e. The van der Waals surface area contributed by atoms with Crippen LogP contribution >= 0.6 is 27.5 Å². The number of nitrogens with one attached hydrogen (secondary N) is 1. The van der Waals surface area contributed by atoms with Gasteiger partial charge >= 0.3 is 0 Å². The van der Waals surface area contributed by atoms with E-state index in [4.69, 9.17) is 11.6 Å². The summed E-state index contributed by atoms with van der Waals surface area (Å²) in [4.78, 5) is 14.1. The second-order valence-corrected chi connectivity index (χ2v) is 6.45. The third kappa shape index (κ3) is 6.81. The fourth-order valence-corrected chi connectivity index (χ4v) is 2.84. The van der Waals surface area contributed by atoms with Gasteiger partial charge in [-0.1, -0.05) is 59.6 Å². The predicted molar refractivity (Wildman–Crippen MR) is 93.3 cm³/mol. The molecule has 1 amide bonds. The molecule has 1 aromatic rings. The molecule has 0 heterocycles. The molecule has 5 heteroatoms. The van der Waals surface area contributed by atoms with Gasteiger partial charge in [0.05, 0.1) is 4.83 Å². The van der Waals surface area contributed by atoms with Gasteiger partial charge in [-0.05, 0) is 44.1 Å². The van der Waals surface area contributed by atoms with E-state index in [1.807, 2.05) is 24.3 Å². The summed E-state index contributed by atoms with van der Waals surface area (Å²) in [5.74, 6) is 0.0227. The van der Waals surface area contributed by atoms with E-state index < -0.39 is 0 Å². The van der Waals surface area contributed by atoms with Crippen LogP contribution in [0.15, 0.2) is 24.3 Å². The molecule has 0 bridgehead atoms. The van der Waals surface area contributed by atoms with Crippen molar-refractivity contribution < 1.29 is 4.79 Å². The molecule has 0 saturated heterocycles. The van der Waals surface area contributed by atoms with Gasteiger partial charge in [0.25, 0.3) is 0 Å². The first-order chi connectivity index (χ1) is 10.1. The average Bonchev–Trinajstić information content (AvgIpc) is 2.49. The smallest absolute Gasteiger partial charge is 0.234 e. The van der Waals surface area contributed by atoms with Crippen molar-refractivity contribution in [3.63, 3.8) is 0 Å². The van der Waals surface area contributed by atoms with Crippen LogP contribution in [0.1, 0.15) is 25.8 Å². The number of halogens is 2. The topological polar surface area (TPSA) is 32.3 Å². The summed E-state index contributed by atoms with van der Waals surface area (Å²) < 4.78 is 0. The summed E-state index contributed by atoms with van der Waals surface area (Å²) >= 11 is 9.55. The van der Waals surface area contributed by atoms with E-state index in [2.05, 4.69) is 40.0 Å². The highest BCUT2D eigenvalue weighted by molar-refractivity contribution is 9.10. The van der Waals surface area contributed by atoms with Crippen molar-refractivity contribution in [3.05, 3.63) is 34.9 Å². The maximum absolute atomic E-state index is 12.0. The Bertz CT molecular complexity index is 438. The first-order valence-corrected chi connectivity index (χ1v) is 8.75. The third-order valence-corrected chi connectivity index (χ3v) is 4.59. The summed E-state index contributed by atoms with van der Waals surface area (Å²) in [6, 6.07) is 7.62. The fourth-order valence-electron chi connectivity index (χ4n) is 2.11. The van der Waals surface area contributed by atoms with Gasteiger partial charge in [-0.2, -0.15) is 0 Å². The Morgan fingerprint density at radius 1 is 1.33 bits per heavy atom. The quantitative estimate of drug-likeness (QED) is 0.529. The van der Waals surface area contributed by atoms with Gasteiger partial charge in [-0.15, -0.1) is 0 Å². The van der Waals surface area contributed by atoms with Gasteiger partial charge in [0, 0.05) is 11.6 Å². The van der Waals surface area contributed by atoms with E-state index in [0.29, 0.717) is 18.0 Å². The molecule has 0 aliphatic rings. The average molecular weight is 376 g/mol. The summed E-state index contributed by atoms with van der Waals surface area (Å²) in [7, 11) is 0. The Hall–Kier alpha value is -0.580. The highest BCUT2D eigenvalue weighted by Gasteiger charge is 2.16. The lowest BCUT2D eigenvalue weighted by molar-refractivity contribution is -0.120. The van der Waals surface area contributed by atoms with Crippen LogP contribution in [0.3, 0.4) is 0 Å². The van der Waals surface area contributed by atoms with E-state index in [-0.39, 0.29) is 10.7 Å². The van der Waals surface area contributed by atoms with Crippen LogP contribution in [0.25, 0.3) is 0 Å². The maximum atomic E-state index is 12.0. The van der Waals surface area contributed by atoms with E-state index >= 15 is 0 Å². The summed E-state index contributed by atoms with van der Waals surface area (Å²) in [5.41, 5.74) is 0.985. The number of alkyl halides is 1. The molecule has 3 nitrogen and oxygen atoms in total. The summed E-state index contributed by atoms with van der Waals surface area (Å²) in [6.45, 7) is 8.14. The first kappa shape index (κ1) is 18.5. The van der Waals surface area contributed by atoms with E-state index in [1.165, 1.54) is 0 Å². The Labute approximate surface area is 141 Å². The zero-order valence-corrected chi connectivity index (χ0v) is 15.1. The van der Waals surface area contributed by atoms with Crippen molar-refractivity contribution >= 4 is 33.4 Å². The summed E-state index contributed by atoms with van der Waals surface area (Å²) in [6.07, 6.45) is 1.57. The molecule has 1 atom stereocenters. The minimum atomic E-state index is -0.245.